The van der Waals surface area contributed by atoms with E-state index >= 15 is 0 Å². The van der Waals surface area contributed by atoms with E-state index in [1.807, 2.05) is 6.92 Å². The molecule has 5 nitrogen and oxygen atoms in total. The molecule has 0 atom stereocenters. The van der Waals surface area contributed by atoms with E-state index in [2.05, 4.69) is 25.9 Å². The largest absolute Gasteiger partial charge is 0.431 e. The van der Waals surface area contributed by atoms with E-state index < -0.39 is 11.9 Å². The highest BCUT2D eigenvalue weighted by molar-refractivity contribution is 9.11. The molecule has 0 amide bonds. The third-order valence-corrected chi connectivity index (χ3v) is 6.03. The number of aromatic nitrogens is 3. The topological polar surface area (TPSA) is 51.0 Å². The van der Waals surface area contributed by atoms with Crippen LogP contribution in [0.4, 0.5) is 13.2 Å². The summed E-state index contributed by atoms with van der Waals surface area (Å²) in [5.41, 5.74) is -0.347. The van der Waals surface area contributed by atoms with E-state index in [-0.39, 0.29) is 11.4 Å². The van der Waals surface area contributed by atoms with Crippen LogP contribution in [0.3, 0.4) is 0 Å². The summed E-state index contributed by atoms with van der Waals surface area (Å²) in [5.74, 6) is 1.15. The Morgan fingerprint density at radius 1 is 1.38 bits per heavy atom. The van der Waals surface area contributed by atoms with Gasteiger partial charge in [-0.2, -0.15) is 13.2 Å². The van der Waals surface area contributed by atoms with Crippen LogP contribution in [0.2, 0.25) is 0 Å². The minimum atomic E-state index is -4.56. The second kappa shape index (κ2) is 8.13. The molecule has 142 valence electrons. The summed E-state index contributed by atoms with van der Waals surface area (Å²) >= 11 is 6.29. The van der Waals surface area contributed by atoms with E-state index in [4.69, 9.17) is 0 Å². The number of carbonyl (C=O) groups is 1. The molecule has 26 heavy (non-hydrogen) atoms. The molecule has 0 N–H and O–H groups in total. The summed E-state index contributed by atoms with van der Waals surface area (Å²) < 4.78 is 42.7. The lowest BCUT2D eigenvalue weighted by Crippen LogP contribution is -2.25. The standard InChI is InChI=1S/C15H16BrF3N4OS2/c1-5-25-13-11(21-14(16)26-13)12-20-8(9(7-24)23(12)4)6-10(22(2)3)15(17,18)19/h6-7H,5H2,1-4H3/b10-6-. The highest BCUT2D eigenvalue weighted by Gasteiger charge is 2.36. The van der Waals surface area contributed by atoms with Crippen LogP contribution < -0.4 is 0 Å². The van der Waals surface area contributed by atoms with E-state index in [9.17, 15) is 18.0 Å². The molecule has 0 saturated heterocycles. The van der Waals surface area contributed by atoms with Crippen LogP contribution >= 0.6 is 39.0 Å². The van der Waals surface area contributed by atoms with Crippen LogP contribution in [0.5, 0.6) is 0 Å². The fourth-order valence-corrected chi connectivity index (χ4v) is 5.10. The third-order valence-electron chi connectivity index (χ3n) is 3.38. The number of nitrogens with zero attached hydrogens (tertiary/aromatic N) is 4. The van der Waals surface area contributed by atoms with Crippen molar-refractivity contribution in [3.63, 3.8) is 0 Å². The zero-order valence-corrected chi connectivity index (χ0v) is 17.6. The van der Waals surface area contributed by atoms with E-state index in [1.54, 1.807) is 18.8 Å². The van der Waals surface area contributed by atoms with Crippen LogP contribution in [-0.4, -0.2) is 51.7 Å². The SMILES string of the molecule is CCSc1sc(Br)nc1-c1nc(/C=C(\N(C)C)C(F)(F)F)c(C=O)n1C. The Kier molecular flexibility index (Phi) is 6.56. The first-order valence-electron chi connectivity index (χ1n) is 7.37. The lowest BCUT2D eigenvalue weighted by atomic mass is 10.2. The Hall–Kier alpha value is -1.33. The van der Waals surface area contributed by atoms with Crippen molar-refractivity contribution in [3.8, 4) is 11.5 Å². The molecule has 0 aliphatic heterocycles. The van der Waals surface area contributed by atoms with Gasteiger partial charge in [0.2, 0.25) is 0 Å². The Bertz CT molecular complexity index is 843. The number of carbonyl (C=O) groups excluding carboxylic acids is 1. The van der Waals surface area contributed by atoms with Gasteiger partial charge in [-0.15, -0.1) is 11.8 Å². The van der Waals surface area contributed by atoms with Gasteiger partial charge in [-0.25, -0.2) is 9.97 Å². The minimum absolute atomic E-state index is 0.0462. The van der Waals surface area contributed by atoms with E-state index in [1.165, 1.54) is 30.0 Å². The van der Waals surface area contributed by atoms with E-state index in [0.717, 1.165) is 20.9 Å². The van der Waals surface area contributed by atoms with Gasteiger partial charge in [-0.1, -0.05) is 18.3 Å². The first-order chi connectivity index (χ1) is 12.1. The first kappa shape index (κ1) is 21.0. The fraction of sp³-hybridized carbons (Fsp3) is 0.400. The number of halogens is 4. The van der Waals surface area contributed by atoms with Crippen molar-refractivity contribution in [1.29, 1.82) is 0 Å². The quantitative estimate of drug-likeness (QED) is 0.454. The highest BCUT2D eigenvalue weighted by Crippen LogP contribution is 2.38. The maximum absolute atomic E-state index is 13.2. The molecule has 2 aromatic rings. The number of hydrogen-bond donors (Lipinski definition) is 0. The zero-order chi connectivity index (χ0) is 19.6. The number of imidazole rings is 1. The summed E-state index contributed by atoms with van der Waals surface area (Å²) in [6.07, 6.45) is -3.18. The molecule has 0 aliphatic carbocycles. The van der Waals surface area contributed by atoms with Gasteiger partial charge in [0.25, 0.3) is 0 Å². The highest BCUT2D eigenvalue weighted by atomic mass is 79.9. The number of allylic oxidation sites excluding steroid dienone is 1. The monoisotopic (exact) mass is 468 g/mol. The molecule has 0 saturated carbocycles. The van der Waals surface area contributed by atoms with E-state index in [0.29, 0.717) is 21.7 Å². The predicted molar refractivity (Wildman–Crippen MR) is 102 cm³/mol. The molecule has 2 rings (SSSR count). The molecule has 0 aliphatic rings. The lowest BCUT2D eigenvalue weighted by molar-refractivity contribution is -0.106. The van der Waals surface area contributed by atoms with Crippen LogP contribution in [0.15, 0.2) is 13.8 Å². The van der Waals surface area contributed by atoms with Crippen LogP contribution in [0.25, 0.3) is 17.6 Å². The summed E-state index contributed by atoms with van der Waals surface area (Å²) in [5, 5.41) is 0. The Morgan fingerprint density at radius 2 is 2.04 bits per heavy atom. The van der Waals surface area contributed by atoms with Gasteiger partial charge in [-0.05, 0) is 27.8 Å². The zero-order valence-electron chi connectivity index (χ0n) is 14.4. The molecule has 0 spiro atoms. The van der Waals surface area contributed by atoms with Gasteiger partial charge in [0, 0.05) is 21.1 Å². The number of hydrogen-bond acceptors (Lipinski definition) is 6. The molecule has 0 radical (unpaired) electrons. The molecular weight excluding hydrogens is 453 g/mol. The molecule has 0 fully saturated rings. The molecule has 2 aromatic heterocycles. The molecule has 2 heterocycles. The molecule has 0 unspecified atom stereocenters. The van der Waals surface area contributed by atoms with Crippen molar-refractivity contribution in [1.82, 2.24) is 19.4 Å². The third kappa shape index (κ3) is 4.32. The second-order valence-electron chi connectivity index (χ2n) is 5.34. The van der Waals surface area contributed by atoms with Gasteiger partial charge >= 0.3 is 6.18 Å². The summed E-state index contributed by atoms with van der Waals surface area (Å²) in [7, 11) is 4.16. The maximum Gasteiger partial charge on any atom is 0.431 e. The van der Waals surface area contributed by atoms with Crippen molar-refractivity contribution < 1.29 is 18.0 Å². The van der Waals surface area contributed by atoms with Crippen molar-refractivity contribution >= 4 is 51.4 Å². The van der Waals surface area contributed by atoms with Crippen molar-refractivity contribution in [2.45, 2.75) is 17.3 Å². The summed E-state index contributed by atoms with van der Waals surface area (Å²) in [6, 6.07) is 0. The first-order valence-corrected chi connectivity index (χ1v) is 9.97. The fourth-order valence-electron chi connectivity index (χ4n) is 2.24. The van der Waals surface area contributed by atoms with Crippen molar-refractivity contribution in [2.24, 2.45) is 7.05 Å². The van der Waals surface area contributed by atoms with Gasteiger partial charge in [-0.3, -0.25) is 4.79 Å². The summed E-state index contributed by atoms with van der Waals surface area (Å²) in [4.78, 5) is 21.1. The van der Waals surface area contributed by atoms with Crippen LogP contribution in [-0.2, 0) is 7.05 Å². The second-order valence-corrected chi connectivity index (χ2v) is 9.15. The predicted octanol–water partition coefficient (Wildman–Crippen LogP) is 4.70. The normalized spacial score (nSPS) is 12.5. The molecule has 0 bridgehead atoms. The average Bonchev–Trinajstić information content (AvgIpc) is 3.03. The number of rotatable bonds is 6. The van der Waals surface area contributed by atoms with Gasteiger partial charge in [0.15, 0.2) is 16.0 Å². The molecule has 11 heteroatoms. The molecular formula is C15H16BrF3N4OS2. The van der Waals surface area contributed by atoms with Gasteiger partial charge in [0.05, 0.1) is 9.90 Å². The molecule has 0 aromatic carbocycles. The average molecular weight is 469 g/mol. The van der Waals surface area contributed by atoms with Crippen LogP contribution in [0, 0.1) is 0 Å². The number of alkyl halides is 3. The maximum atomic E-state index is 13.2. The minimum Gasteiger partial charge on any atom is -0.374 e. The lowest BCUT2D eigenvalue weighted by Gasteiger charge is -2.19. The number of aldehydes is 1. The Morgan fingerprint density at radius 3 is 2.54 bits per heavy atom. The summed E-state index contributed by atoms with van der Waals surface area (Å²) in [6.45, 7) is 1.98. The Balaban J connectivity index is 2.66. The van der Waals surface area contributed by atoms with Gasteiger partial charge in [0.1, 0.15) is 17.1 Å². The number of thiazole rings is 1. The van der Waals surface area contributed by atoms with Gasteiger partial charge < -0.3 is 9.47 Å². The smallest absolute Gasteiger partial charge is 0.374 e. The van der Waals surface area contributed by atoms with Crippen molar-refractivity contribution in [3.05, 3.63) is 21.0 Å². The van der Waals surface area contributed by atoms with Crippen molar-refractivity contribution in [2.75, 3.05) is 19.8 Å². The number of thioether (sulfide) groups is 1. The van der Waals surface area contributed by atoms with Crippen LogP contribution in [0.1, 0.15) is 23.1 Å². The Labute approximate surface area is 165 Å².